The van der Waals surface area contributed by atoms with Crippen molar-refractivity contribution in [1.82, 2.24) is 15.0 Å². The number of nitrogens with zero attached hydrogens (tertiary/aromatic N) is 3. The average molecular weight is 628 g/mol. The van der Waals surface area contributed by atoms with Crippen LogP contribution in [-0.4, -0.2) is 87.3 Å². The van der Waals surface area contributed by atoms with Crippen molar-refractivity contribution in [2.24, 2.45) is 0 Å². The van der Waals surface area contributed by atoms with Crippen LogP contribution in [0.1, 0.15) is 97.6 Å². The van der Waals surface area contributed by atoms with Gasteiger partial charge in [0.05, 0.1) is 12.8 Å². The van der Waals surface area contributed by atoms with Gasteiger partial charge in [-0.1, -0.05) is 50.2 Å². The van der Waals surface area contributed by atoms with E-state index < -0.39 is 60.6 Å². The number of carboxylic acid groups (broad SMARTS) is 1. The molecule has 1 aliphatic heterocycles. The minimum Gasteiger partial charge on any atom is -0.481 e. The molecule has 0 unspecified atom stereocenters. The van der Waals surface area contributed by atoms with Crippen LogP contribution in [0.2, 0.25) is 0 Å². The van der Waals surface area contributed by atoms with E-state index >= 15 is 0 Å². The fourth-order valence-corrected chi connectivity index (χ4v) is 4.79. The number of esters is 4. The van der Waals surface area contributed by atoms with Crippen LogP contribution in [-0.2, 0) is 65.5 Å². The Bertz CT molecular complexity index is 1080. The third kappa shape index (κ3) is 14.3. The molecule has 0 aromatic carbocycles. The van der Waals surface area contributed by atoms with Crippen LogP contribution in [0, 0.1) is 0 Å². The van der Waals surface area contributed by atoms with Crippen molar-refractivity contribution >= 4 is 29.8 Å². The van der Waals surface area contributed by atoms with Crippen LogP contribution in [0.5, 0.6) is 0 Å². The van der Waals surface area contributed by atoms with E-state index in [0.717, 1.165) is 78.6 Å². The van der Waals surface area contributed by atoms with Crippen LogP contribution in [0.3, 0.4) is 0 Å². The van der Waals surface area contributed by atoms with Crippen molar-refractivity contribution in [3.63, 3.8) is 0 Å². The normalized spacial score (nSPS) is 21.3. The van der Waals surface area contributed by atoms with Crippen molar-refractivity contribution < 1.29 is 57.5 Å². The maximum absolute atomic E-state index is 12.0. The molecule has 1 saturated heterocycles. The predicted octanol–water partition coefficient (Wildman–Crippen LogP) is 2.86. The number of rotatable bonds is 20. The van der Waals surface area contributed by atoms with Gasteiger partial charge in [-0.05, 0) is 12.8 Å². The van der Waals surface area contributed by atoms with Crippen molar-refractivity contribution in [1.29, 1.82) is 0 Å². The van der Waals surface area contributed by atoms with Gasteiger partial charge in [0.1, 0.15) is 18.4 Å². The maximum atomic E-state index is 12.0. The van der Waals surface area contributed by atoms with Gasteiger partial charge in [0.15, 0.2) is 24.6 Å². The van der Waals surface area contributed by atoms with Crippen LogP contribution in [0.25, 0.3) is 0 Å². The first-order chi connectivity index (χ1) is 21.0. The van der Waals surface area contributed by atoms with Gasteiger partial charge >= 0.3 is 29.8 Å². The van der Waals surface area contributed by atoms with E-state index in [0.29, 0.717) is 12.2 Å². The number of hydrogen-bond acceptors (Lipinski definition) is 13. The van der Waals surface area contributed by atoms with Gasteiger partial charge in [-0.2, -0.15) is 0 Å². The predicted molar refractivity (Wildman–Crippen MR) is 151 cm³/mol. The fourth-order valence-electron chi connectivity index (χ4n) is 4.79. The summed E-state index contributed by atoms with van der Waals surface area (Å²) < 4.78 is 34.7. The first-order valence-electron chi connectivity index (χ1n) is 15.0. The molecule has 0 spiro atoms. The van der Waals surface area contributed by atoms with Gasteiger partial charge in [-0.3, -0.25) is 28.7 Å². The Labute approximate surface area is 256 Å². The Balaban J connectivity index is 1.92. The van der Waals surface area contributed by atoms with E-state index in [2.05, 4.69) is 10.3 Å². The van der Waals surface area contributed by atoms with Crippen molar-refractivity contribution in [2.45, 2.75) is 136 Å². The molecule has 1 N–H and O–H groups in total. The summed E-state index contributed by atoms with van der Waals surface area (Å²) in [6, 6.07) is 0. The van der Waals surface area contributed by atoms with E-state index in [1.165, 1.54) is 6.92 Å². The number of aromatic nitrogens is 3. The maximum Gasteiger partial charge on any atom is 0.303 e. The number of ether oxygens (including phenoxy) is 6. The summed E-state index contributed by atoms with van der Waals surface area (Å²) in [5, 5.41) is 16.9. The molecule has 2 heterocycles. The van der Waals surface area contributed by atoms with E-state index in [-0.39, 0.29) is 19.6 Å². The van der Waals surface area contributed by atoms with Gasteiger partial charge < -0.3 is 33.5 Å². The second-order valence-electron chi connectivity index (χ2n) is 10.7. The monoisotopic (exact) mass is 627 g/mol. The van der Waals surface area contributed by atoms with Crippen LogP contribution in [0.4, 0.5) is 0 Å². The lowest BCUT2D eigenvalue weighted by Gasteiger charge is -2.43. The molecule has 5 atom stereocenters. The molecule has 2 rings (SSSR count). The summed E-state index contributed by atoms with van der Waals surface area (Å²) in [7, 11) is 0. The van der Waals surface area contributed by atoms with Gasteiger partial charge in [0.2, 0.25) is 0 Å². The van der Waals surface area contributed by atoms with Gasteiger partial charge in [-0.25, -0.2) is 0 Å². The first kappa shape index (κ1) is 36.6. The minimum absolute atomic E-state index is 0.0970. The quantitative estimate of drug-likeness (QED) is 0.126. The fraction of sp³-hybridized carbons (Fsp3) is 0.759. The molecule has 248 valence electrons. The van der Waals surface area contributed by atoms with E-state index in [4.69, 9.17) is 33.5 Å². The second-order valence-corrected chi connectivity index (χ2v) is 10.7. The zero-order valence-corrected chi connectivity index (χ0v) is 25.9. The van der Waals surface area contributed by atoms with E-state index in [1.807, 2.05) is 0 Å². The number of unbranched alkanes of at least 4 members (excludes halogenated alkanes) is 8. The van der Waals surface area contributed by atoms with E-state index in [9.17, 15) is 24.0 Å². The summed E-state index contributed by atoms with van der Waals surface area (Å²) >= 11 is 0. The molecule has 15 heteroatoms. The number of carboxylic acids is 1. The molecule has 0 aliphatic carbocycles. The van der Waals surface area contributed by atoms with Crippen LogP contribution in [0.15, 0.2) is 6.20 Å². The Kier molecular flexibility index (Phi) is 16.3. The summed E-state index contributed by atoms with van der Waals surface area (Å²) in [4.78, 5) is 57.8. The number of hydrogen-bond donors (Lipinski definition) is 1. The second kappa shape index (κ2) is 19.6. The highest BCUT2D eigenvalue weighted by molar-refractivity contribution is 5.68. The SMILES string of the molecule is CC(=O)OC[C@H]1O[C@@H](OCc2cn(CCCCCCCCCCCC(=O)O)nn2)[C@H](OC(C)=O)[C@@H](OC(C)=O)[C@H]1OC(C)=O. The Hall–Kier alpha value is -3.59. The van der Waals surface area contributed by atoms with Crippen LogP contribution >= 0.6 is 0 Å². The summed E-state index contributed by atoms with van der Waals surface area (Å²) in [5.74, 6) is -3.51. The van der Waals surface area contributed by atoms with Crippen molar-refractivity contribution in [3.05, 3.63) is 11.9 Å². The molecule has 1 aliphatic rings. The standard InChI is InChI=1S/C29H45N3O12/c1-19(33)39-18-24-26(41-20(2)34)27(42-21(3)35)28(43-22(4)36)29(44-24)40-17-23-16-32(31-30-23)15-13-11-9-7-5-6-8-10-12-14-25(37)38/h16,24,26-29H,5-15,17-18H2,1-4H3,(H,37,38)/t24-,26+,27+,28-,29-/m1/s1. The molecule has 0 saturated carbocycles. The van der Waals surface area contributed by atoms with Crippen molar-refractivity contribution in [3.8, 4) is 0 Å². The molecular formula is C29H45N3O12. The molecule has 1 aromatic rings. The summed E-state index contributed by atoms with van der Waals surface area (Å²) in [6.45, 7) is 4.87. The highest BCUT2D eigenvalue weighted by atomic mass is 16.7. The number of aryl methyl sites for hydroxylation is 1. The lowest BCUT2D eigenvalue weighted by Crippen LogP contribution is -2.62. The third-order valence-electron chi connectivity index (χ3n) is 6.71. The molecule has 1 fully saturated rings. The third-order valence-corrected chi connectivity index (χ3v) is 6.71. The minimum atomic E-state index is -1.31. The Morgan fingerprint density at radius 3 is 1.89 bits per heavy atom. The Morgan fingerprint density at radius 1 is 0.773 bits per heavy atom. The largest absolute Gasteiger partial charge is 0.481 e. The smallest absolute Gasteiger partial charge is 0.303 e. The van der Waals surface area contributed by atoms with Crippen molar-refractivity contribution in [2.75, 3.05) is 6.61 Å². The number of carbonyl (C=O) groups is 5. The Morgan fingerprint density at radius 2 is 1.32 bits per heavy atom. The zero-order valence-electron chi connectivity index (χ0n) is 25.9. The van der Waals surface area contributed by atoms with Crippen LogP contribution < -0.4 is 0 Å². The summed E-state index contributed by atoms with van der Waals surface area (Å²) in [6.07, 6.45) is 4.89. The van der Waals surface area contributed by atoms with Gasteiger partial charge in [0, 0.05) is 40.7 Å². The lowest BCUT2D eigenvalue weighted by molar-refractivity contribution is -0.310. The van der Waals surface area contributed by atoms with Gasteiger partial charge in [0.25, 0.3) is 0 Å². The summed E-state index contributed by atoms with van der Waals surface area (Å²) in [5.41, 5.74) is 0.473. The lowest BCUT2D eigenvalue weighted by atomic mass is 9.98. The molecule has 44 heavy (non-hydrogen) atoms. The highest BCUT2D eigenvalue weighted by Gasteiger charge is 2.52. The van der Waals surface area contributed by atoms with Gasteiger partial charge in [-0.15, -0.1) is 5.10 Å². The average Bonchev–Trinajstić information content (AvgIpc) is 3.39. The molecule has 0 amide bonds. The number of carbonyl (C=O) groups excluding carboxylic acids is 4. The molecule has 15 nitrogen and oxygen atoms in total. The molecule has 0 radical (unpaired) electrons. The highest BCUT2D eigenvalue weighted by Crippen LogP contribution is 2.30. The first-order valence-corrected chi connectivity index (χ1v) is 15.0. The molecule has 0 bridgehead atoms. The number of aliphatic carboxylic acids is 1. The molecule has 1 aromatic heterocycles. The molecular weight excluding hydrogens is 582 g/mol. The van der Waals surface area contributed by atoms with E-state index in [1.54, 1.807) is 10.9 Å². The topological polar surface area (TPSA) is 192 Å². The zero-order chi connectivity index (χ0) is 32.5.